The summed E-state index contributed by atoms with van der Waals surface area (Å²) in [6, 6.07) is 0. The van der Waals surface area contributed by atoms with E-state index in [9.17, 15) is 0 Å². The van der Waals surface area contributed by atoms with Gasteiger partial charge in [0.05, 0.1) is 0 Å². The van der Waals surface area contributed by atoms with Gasteiger partial charge in [0.1, 0.15) is 0 Å². The van der Waals surface area contributed by atoms with Crippen LogP contribution in [0.3, 0.4) is 0 Å². The largest absolute Gasteiger partial charge is 0.302 e. The van der Waals surface area contributed by atoms with Gasteiger partial charge in [-0.15, -0.1) is 0 Å². The summed E-state index contributed by atoms with van der Waals surface area (Å²) in [4.78, 5) is 2.72. The molecule has 0 aromatic carbocycles. The van der Waals surface area contributed by atoms with Crippen LogP contribution in [0.4, 0.5) is 0 Å². The normalized spacial score (nSPS) is 34.1. The van der Waals surface area contributed by atoms with Crippen molar-refractivity contribution in [1.82, 2.24) is 4.90 Å². The van der Waals surface area contributed by atoms with E-state index in [-0.39, 0.29) is 0 Å². The average Bonchev–Trinajstić information content (AvgIpc) is 2.88. The molecular weight excluding hydrogens is 194 g/mol. The van der Waals surface area contributed by atoms with Gasteiger partial charge in [-0.3, -0.25) is 0 Å². The highest BCUT2D eigenvalue weighted by molar-refractivity contribution is 5.17. The number of hydrogen-bond acceptors (Lipinski definition) is 1. The number of likely N-dealkylation sites (tertiary alicyclic amines) is 1. The molecule has 1 saturated carbocycles. The standard InChI is InChI=1S/C15H23N/c1-2-5-13(6-3-1)9-10-16-11-14-7-4-8-15(14)12-16/h1-2,5,14-15H,3-4,6-12H2. The fourth-order valence-electron chi connectivity index (χ4n) is 3.68. The van der Waals surface area contributed by atoms with Crippen molar-refractivity contribution in [3.05, 3.63) is 23.8 Å². The Morgan fingerprint density at radius 1 is 1.19 bits per heavy atom. The summed E-state index contributed by atoms with van der Waals surface area (Å²) in [5.41, 5.74) is 1.67. The van der Waals surface area contributed by atoms with Crippen molar-refractivity contribution < 1.29 is 0 Å². The molecule has 2 aliphatic carbocycles. The molecule has 1 heterocycles. The van der Waals surface area contributed by atoms with Gasteiger partial charge in [0.25, 0.3) is 0 Å². The highest BCUT2D eigenvalue weighted by atomic mass is 15.2. The molecule has 2 unspecified atom stereocenters. The smallest absolute Gasteiger partial charge is 0.00189 e. The van der Waals surface area contributed by atoms with Crippen molar-refractivity contribution in [3.8, 4) is 0 Å². The molecule has 3 aliphatic rings. The first-order valence-electron chi connectivity index (χ1n) is 6.99. The Morgan fingerprint density at radius 3 is 2.69 bits per heavy atom. The maximum Gasteiger partial charge on any atom is 0.00189 e. The Hall–Kier alpha value is -0.560. The van der Waals surface area contributed by atoms with E-state index < -0.39 is 0 Å². The maximum atomic E-state index is 2.72. The SMILES string of the molecule is C1=CCCC(CCN2CC3CCCC3C2)=C1. The Kier molecular flexibility index (Phi) is 3.14. The summed E-state index contributed by atoms with van der Waals surface area (Å²) in [7, 11) is 0. The van der Waals surface area contributed by atoms with Crippen LogP contribution < -0.4 is 0 Å². The minimum atomic E-state index is 1.06. The van der Waals surface area contributed by atoms with Gasteiger partial charge < -0.3 is 4.90 Å². The van der Waals surface area contributed by atoms with Crippen LogP contribution in [-0.4, -0.2) is 24.5 Å². The summed E-state index contributed by atoms with van der Waals surface area (Å²) < 4.78 is 0. The average molecular weight is 217 g/mol. The number of hydrogen-bond donors (Lipinski definition) is 0. The molecule has 0 bridgehead atoms. The summed E-state index contributed by atoms with van der Waals surface area (Å²) in [5.74, 6) is 2.11. The van der Waals surface area contributed by atoms with Crippen LogP contribution in [0.2, 0.25) is 0 Å². The second kappa shape index (κ2) is 4.75. The van der Waals surface area contributed by atoms with Gasteiger partial charge >= 0.3 is 0 Å². The van der Waals surface area contributed by atoms with Crippen molar-refractivity contribution in [1.29, 1.82) is 0 Å². The first-order chi connectivity index (χ1) is 7.92. The molecule has 0 N–H and O–H groups in total. The first-order valence-corrected chi connectivity index (χ1v) is 6.99. The molecule has 3 rings (SSSR count). The number of allylic oxidation sites excluding steroid dienone is 3. The Bertz CT molecular complexity index is 291. The Morgan fingerprint density at radius 2 is 2.00 bits per heavy atom. The van der Waals surface area contributed by atoms with E-state index in [0.717, 1.165) is 11.8 Å². The van der Waals surface area contributed by atoms with Crippen molar-refractivity contribution >= 4 is 0 Å². The lowest BCUT2D eigenvalue weighted by Crippen LogP contribution is -2.23. The lowest BCUT2D eigenvalue weighted by atomic mass is 10.0. The number of rotatable bonds is 3. The lowest BCUT2D eigenvalue weighted by molar-refractivity contribution is 0.314. The molecule has 1 nitrogen and oxygen atoms in total. The minimum Gasteiger partial charge on any atom is -0.302 e. The molecule has 1 heteroatoms. The van der Waals surface area contributed by atoms with Crippen LogP contribution in [0.15, 0.2) is 23.8 Å². The van der Waals surface area contributed by atoms with Gasteiger partial charge in [-0.2, -0.15) is 0 Å². The molecule has 2 fully saturated rings. The van der Waals surface area contributed by atoms with Gasteiger partial charge in [-0.25, -0.2) is 0 Å². The van der Waals surface area contributed by atoms with Crippen LogP contribution in [-0.2, 0) is 0 Å². The predicted octanol–water partition coefficient (Wildman–Crippen LogP) is 3.38. The van der Waals surface area contributed by atoms with E-state index in [2.05, 4.69) is 23.1 Å². The minimum absolute atomic E-state index is 1.06. The van der Waals surface area contributed by atoms with Gasteiger partial charge in [0, 0.05) is 19.6 Å². The maximum absolute atomic E-state index is 2.72. The van der Waals surface area contributed by atoms with Gasteiger partial charge in [0.2, 0.25) is 0 Å². The summed E-state index contributed by atoms with van der Waals surface area (Å²) >= 11 is 0. The van der Waals surface area contributed by atoms with E-state index in [4.69, 9.17) is 0 Å². The monoisotopic (exact) mass is 217 g/mol. The van der Waals surface area contributed by atoms with E-state index in [1.165, 1.54) is 58.2 Å². The molecule has 1 aliphatic heterocycles. The molecule has 0 spiro atoms. The number of fused-ring (bicyclic) bond motifs is 1. The Labute approximate surface area is 99.2 Å². The second-order valence-electron chi connectivity index (χ2n) is 5.75. The third-order valence-corrected chi connectivity index (χ3v) is 4.65. The van der Waals surface area contributed by atoms with Crippen molar-refractivity contribution in [2.24, 2.45) is 11.8 Å². The lowest BCUT2D eigenvalue weighted by Gasteiger charge is -2.18. The fourth-order valence-corrected chi connectivity index (χ4v) is 3.68. The quantitative estimate of drug-likeness (QED) is 0.700. The second-order valence-corrected chi connectivity index (χ2v) is 5.75. The van der Waals surface area contributed by atoms with Crippen LogP contribution >= 0.6 is 0 Å². The van der Waals surface area contributed by atoms with Crippen LogP contribution in [0, 0.1) is 11.8 Å². The van der Waals surface area contributed by atoms with Gasteiger partial charge in [-0.1, -0.05) is 30.2 Å². The third-order valence-electron chi connectivity index (χ3n) is 4.65. The molecule has 0 aromatic heterocycles. The zero-order chi connectivity index (χ0) is 10.8. The van der Waals surface area contributed by atoms with Crippen molar-refractivity contribution in [2.75, 3.05) is 19.6 Å². The van der Waals surface area contributed by atoms with Crippen molar-refractivity contribution in [3.63, 3.8) is 0 Å². The fraction of sp³-hybridized carbons (Fsp3) is 0.733. The van der Waals surface area contributed by atoms with E-state index in [0.29, 0.717) is 0 Å². The molecular formula is C15H23N. The molecule has 0 aromatic rings. The topological polar surface area (TPSA) is 3.24 Å². The molecule has 0 amide bonds. The van der Waals surface area contributed by atoms with Crippen molar-refractivity contribution in [2.45, 2.75) is 38.5 Å². The summed E-state index contributed by atoms with van der Waals surface area (Å²) in [6.07, 6.45) is 15.2. The van der Waals surface area contributed by atoms with E-state index in [1.54, 1.807) is 5.57 Å². The number of nitrogens with zero attached hydrogens (tertiary/aromatic N) is 1. The van der Waals surface area contributed by atoms with E-state index >= 15 is 0 Å². The zero-order valence-electron chi connectivity index (χ0n) is 10.2. The highest BCUT2D eigenvalue weighted by Gasteiger charge is 2.35. The summed E-state index contributed by atoms with van der Waals surface area (Å²) in [6.45, 7) is 4.11. The van der Waals surface area contributed by atoms with Crippen LogP contribution in [0.1, 0.15) is 38.5 Å². The molecule has 1 saturated heterocycles. The molecule has 16 heavy (non-hydrogen) atoms. The third kappa shape index (κ3) is 2.24. The molecule has 88 valence electrons. The Balaban J connectivity index is 1.46. The van der Waals surface area contributed by atoms with Gasteiger partial charge in [0.15, 0.2) is 0 Å². The molecule has 2 atom stereocenters. The van der Waals surface area contributed by atoms with Crippen LogP contribution in [0.5, 0.6) is 0 Å². The van der Waals surface area contributed by atoms with Gasteiger partial charge in [-0.05, 0) is 43.9 Å². The highest BCUT2D eigenvalue weighted by Crippen LogP contribution is 2.37. The van der Waals surface area contributed by atoms with E-state index in [1.807, 2.05) is 0 Å². The summed E-state index contributed by atoms with van der Waals surface area (Å²) in [5, 5.41) is 0. The van der Waals surface area contributed by atoms with Crippen LogP contribution in [0.25, 0.3) is 0 Å². The first kappa shape index (κ1) is 10.6. The molecule has 0 radical (unpaired) electrons. The zero-order valence-corrected chi connectivity index (χ0v) is 10.2. The predicted molar refractivity (Wildman–Crippen MR) is 68.3 cm³/mol.